The highest BCUT2D eigenvalue weighted by Gasteiger charge is 2.10. The van der Waals surface area contributed by atoms with Crippen molar-refractivity contribution in [3.05, 3.63) is 0 Å². The number of sulfone groups is 1. The Morgan fingerprint density at radius 3 is 1.47 bits per heavy atom. The maximum atomic E-state index is 11.7. The summed E-state index contributed by atoms with van der Waals surface area (Å²) in [4.78, 5) is 0. The van der Waals surface area contributed by atoms with Crippen LogP contribution in [0.2, 0.25) is 0 Å². The standard InChI is InChI=1S/C12H26O2S3/c1-11(2)9-15-5-7-17(13,14)8-6-16-10-12(3)4/h11-12H,5-10H2,1-4H3. The van der Waals surface area contributed by atoms with Gasteiger partial charge in [-0.1, -0.05) is 27.7 Å². The summed E-state index contributed by atoms with van der Waals surface area (Å²) < 4.78 is 23.4. The minimum atomic E-state index is -2.82. The van der Waals surface area contributed by atoms with Gasteiger partial charge in [0.15, 0.2) is 9.84 Å². The summed E-state index contributed by atoms with van der Waals surface area (Å²) >= 11 is 3.49. The summed E-state index contributed by atoms with van der Waals surface area (Å²) in [6, 6.07) is 0. The van der Waals surface area contributed by atoms with Crippen molar-refractivity contribution < 1.29 is 8.42 Å². The van der Waals surface area contributed by atoms with Gasteiger partial charge in [-0.05, 0) is 23.3 Å². The molecule has 5 heteroatoms. The Balaban J connectivity index is 3.59. The molecule has 0 rings (SSSR count). The van der Waals surface area contributed by atoms with Crippen LogP contribution in [0.25, 0.3) is 0 Å². The summed E-state index contributed by atoms with van der Waals surface area (Å²) in [5.74, 6) is 5.56. The highest BCUT2D eigenvalue weighted by atomic mass is 32.2. The largest absolute Gasteiger partial charge is 0.229 e. The average molecular weight is 299 g/mol. The Kier molecular flexibility index (Phi) is 9.93. The fourth-order valence-electron chi connectivity index (χ4n) is 1.11. The van der Waals surface area contributed by atoms with Gasteiger partial charge in [0.2, 0.25) is 0 Å². The highest BCUT2D eigenvalue weighted by molar-refractivity contribution is 8.01. The topological polar surface area (TPSA) is 34.1 Å². The molecule has 0 aliphatic rings. The molecule has 0 aliphatic carbocycles. The molecule has 0 aromatic heterocycles. The van der Waals surface area contributed by atoms with E-state index >= 15 is 0 Å². The van der Waals surface area contributed by atoms with Crippen LogP contribution in [0.15, 0.2) is 0 Å². The average Bonchev–Trinajstić information content (AvgIpc) is 2.19. The number of hydrogen-bond donors (Lipinski definition) is 0. The predicted molar refractivity (Wildman–Crippen MR) is 83.0 cm³/mol. The molecule has 0 N–H and O–H groups in total. The smallest absolute Gasteiger partial charge is 0.151 e. The van der Waals surface area contributed by atoms with Crippen molar-refractivity contribution in [3.8, 4) is 0 Å². The van der Waals surface area contributed by atoms with E-state index in [9.17, 15) is 8.42 Å². The number of rotatable bonds is 10. The number of hydrogen-bond acceptors (Lipinski definition) is 4. The quantitative estimate of drug-likeness (QED) is 0.580. The molecule has 0 aromatic rings. The molecule has 104 valence electrons. The van der Waals surface area contributed by atoms with Gasteiger partial charge < -0.3 is 0 Å². The van der Waals surface area contributed by atoms with Crippen LogP contribution in [-0.4, -0.2) is 42.9 Å². The molecule has 0 aliphatic heterocycles. The minimum Gasteiger partial charge on any atom is -0.229 e. The second kappa shape index (κ2) is 9.56. The van der Waals surface area contributed by atoms with Crippen LogP contribution in [0.3, 0.4) is 0 Å². The first-order valence-electron chi connectivity index (χ1n) is 6.19. The van der Waals surface area contributed by atoms with Crippen LogP contribution in [0.1, 0.15) is 27.7 Å². The van der Waals surface area contributed by atoms with Gasteiger partial charge in [-0.15, -0.1) is 0 Å². The molecule has 0 fully saturated rings. The lowest BCUT2D eigenvalue weighted by atomic mass is 10.3. The molecular weight excluding hydrogens is 272 g/mol. The van der Waals surface area contributed by atoms with Crippen molar-refractivity contribution in [2.45, 2.75) is 27.7 Å². The van der Waals surface area contributed by atoms with E-state index in [2.05, 4.69) is 27.7 Å². The van der Waals surface area contributed by atoms with Crippen molar-refractivity contribution in [2.24, 2.45) is 11.8 Å². The first-order chi connectivity index (χ1) is 7.83. The predicted octanol–water partition coefficient (Wildman–Crippen LogP) is 3.18. The van der Waals surface area contributed by atoms with Gasteiger partial charge in [0.05, 0.1) is 11.5 Å². The van der Waals surface area contributed by atoms with Crippen LogP contribution < -0.4 is 0 Å². The molecule has 0 bridgehead atoms. The molecule has 0 amide bonds. The molecule has 0 atom stereocenters. The number of thioether (sulfide) groups is 2. The molecular formula is C12H26O2S3. The minimum absolute atomic E-state index is 0.340. The Bertz CT molecular complexity index is 249. The second-order valence-corrected chi connectivity index (χ2v) is 9.69. The van der Waals surface area contributed by atoms with E-state index in [1.807, 2.05) is 0 Å². The monoisotopic (exact) mass is 298 g/mol. The molecule has 0 radical (unpaired) electrons. The van der Waals surface area contributed by atoms with E-state index in [0.717, 1.165) is 23.0 Å². The van der Waals surface area contributed by atoms with Crippen LogP contribution in [0.4, 0.5) is 0 Å². The van der Waals surface area contributed by atoms with E-state index in [0.29, 0.717) is 23.3 Å². The molecule has 0 spiro atoms. The van der Waals surface area contributed by atoms with Gasteiger partial charge >= 0.3 is 0 Å². The SMILES string of the molecule is CC(C)CSCCS(=O)(=O)CCSCC(C)C. The molecule has 2 nitrogen and oxygen atoms in total. The first-order valence-corrected chi connectivity index (χ1v) is 10.3. The van der Waals surface area contributed by atoms with Gasteiger partial charge in [-0.3, -0.25) is 0 Å². The summed E-state index contributed by atoms with van der Waals surface area (Å²) in [6.07, 6.45) is 0. The van der Waals surface area contributed by atoms with Gasteiger partial charge in [0.25, 0.3) is 0 Å². The van der Waals surface area contributed by atoms with Crippen LogP contribution >= 0.6 is 23.5 Å². The third-order valence-electron chi connectivity index (χ3n) is 1.98. The van der Waals surface area contributed by atoms with E-state index in [4.69, 9.17) is 0 Å². The third kappa shape index (κ3) is 12.9. The van der Waals surface area contributed by atoms with Crippen molar-refractivity contribution in [1.82, 2.24) is 0 Å². The maximum absolute atomic E-state index is 11.7. The zero-order valence-corrected chi connectivity index (χ0v) is 13.9. The van der Waals surface area contributed by atoms with E-state index in [-0.39, 0.29) is 0 Å². The molecule has 0 heterocycles. The normalized spacial score (nSPS) is 12.6. The van der Waals surface area contributed by atoms with Crippen molar-refractivity contribution in [2.75, 3.05) is 34.5 Å². The van der Waals surface area contributed by atoms with E-state index < -0.39 is 9.84 Å². The Hall–Kier alpha value is 0.650. The Labute approximate surface area is 116 Å². The van der Waals surface area contributed by atoms with Crippen molar-refractivity contribution >= 4 is 33.4 Å². The lowest BCUT2D eigenvalue weighted by molar-refractivity contribution is 0.599. The Morgan fingerprint density at radius 2 is 1.18 bits per heavy atom. The first kappa shape index (κ1) is 17.6. The van der Waals surface area contributed by atoms with Gasteiger partial charge in [-0.2, -0.15) is 23.5 Å². The maximum Gasteiger partial charge on any atom is 0.151 e. The zero-order valence-electron chi connectivity index (χ0n) is 11.4. The van der Waals surface area contributed by atoms with Crippen LogP contribution in [0, 0.1) is 11.8 Å². The van der Waals surface area contributed by atoms with Gasteiger partial charge in [-0.25, -0.2) is 8.42 Å². The van der Waals surface area contributed by atoms with E-state index in [1.54, 1.807) is 23.5 Å². The Morgan fingerprint density at radius 1 is 0.824 bits per heavy atom. The fraction of sp³-hybridized carbons (Fsp3) is 1.00. The molecule has 0 saturated carbocycles. The lowest BCUT2D eigenvalue weighted by Crippen LogP contribution is -2.15. The van der Waals surface area contributed by atoms with Crippen LogP contribution in [0.5, 0.6) is 0 Å². The summed E-state index contributed by atoms with van der Waals surface area (Å²) in [6.45, 7) is 8.63. The third-order valence-corrected chi connectivity index (χ3v) is 6.94. The summed E-state index contributed by atoms with van der Waals surface area (Å²) in [5, 5.41) is 0. The molecule has 17 heavy (non-hydrogen) atoms. The lowest BCUT2D eigenvalue weighted by Gasteiger charge is -2.07. The summed E-state index contributed by atoms with van der Waals surface area (Å²) in [7, 11) is -2.82. The van der Waals surface area contributed by atoms with Crippen molar-refractivity contribution in [3.63, 3.8) is 0 Å². The van der Waals surface area contributed by atoms with Gasteiger partial charge in [0, 0.05) is 11.5 Å². The summed E-state index contributed by atoms with van der Waals surface area (Å²) in [5.41, 5.74) is 0. The molecule has 0 unspecified atom stereocenters. The molecule has 0 saturated heterocycles. The zero-order chi connectivity index (χ0) is 13.3. The second-order valence-electron chi connectivity index (χ2n) is 5.09. The van der Waals surface area contributed by atoms with E-state index in [1.165, 1.54) is 0 Å². The molecule has 0 aromatic carbocycles. The van der Waals surface area contributed by atoms with Crippen molar-refractivity contribution in [1.29, 1.82) is 0 Å². The van der Waals surface area contributed by atoms with Crippen LogP contribution in [-0.2, 0) is 9.84 Å². The fourth-order valence-corrected chi connectivity index (χ4v) is 5.57. The van der Waals surface area contributed by atoms with Gasteiger partial charge in [0.1, 0.15) is 0 Å². The highest BCUT2D eigenvalue weighted by Crippen LogP contribution is 2.11.